The van der Waals surface area contributed by atoms with E-state index in [4.69, 9.17) is 0 Å². The lowest BCUT2D eigenvalue weighted by atomic mass is 10.1. The van der Waals surface area contributed by atoms with Crippen LogP contribution in [0.4, 0.5) is 11.4 Å². The Bertz CT molecular complexity index is 1490. The van der Waals surface area contributed by atoms with Gasteiger partial charge in [0.2, 0.25) is 5.91 Å². The summed E-state index contributed by atoms with van der Waals surface area (Å²) in [6, 6.07) is 12.5. The minimum atomic E-state index is -0.784. The Morgan fingerprint density at radius 3 is 2.41 bits per heavy atom. The van der Waals surface area contributed by atoms with E-state index in [9.17, 15) is 14.4 Å². The summed E-state index contributed by atoms with van der Waals surface area (Å²) in [4.78, 5) is 44.5. The minimum absolute atomic E-state index is 0.290. The van der Waals surface area contributed by atoms with Crippen LogP contribution in [0.2, 0.25) is 0 Å². The van der Waals surface area contributed by atoms with Gasteiger partial charge in [-0.1, -0.05) is 30.3 Å². The molecule has 4 aromatic rings. The lowest BCUT2D eigenvalue weighted by Gasteiger charge is -2.16. The van der Waals surface area contributed by atoms with Crippen LogP contribution in [0.5, 0.6) is 0 Å². The van der Waals surface area contributed by atoms with Gasteiger partial charge in [-0.3, -0.25) is 19.0 Å². The third-order valence-electron chi connectivity index (χ3n) is 5.92. The van der Waals surface area contributed by atoms with Crippen molar-refractivity contribution >= 4 is 44.7 Å². The number of para-hydroxylation sites is 1. The number of carbonyl (C=O) groups is 2. The summed E-state index contributed by atoms with van der Waals surface area (Å²) in [6.45, 7) is 9.17. The van der Waals surface area contributed by atoms with Gasteiger partial charge in [-0.05, 0) is 69.0 Å². The van der Waals surface area contributed by atoms with E-state index in [1.165, 1.54) is 22.2 Å². The third-order valence-corrected chi connectivity index (χ3v) is 7.12. The summed E-state index contributed by atoms with van der Waals surface area (Å²) < 4.78 is 1.31. The Hall–Kier alpha value is -3.78. The maximum atomic E-state index is 13.3. The molecule has 0 aliphatic heterocycles. The van der Waals surface area contributed by atoms with Crippen LogP contribution in [0.1, 0.15) is 44.9 Å². The fourth-order valence-electron chi connectivity index (χ4n) is 3.76. The van der Waals surface area contributed by atoms with E-state index < -0.39 is 6.04 Å². The fraction of sp³-hybridized carbons (Fsp3) is 0.231. The molecule has 0 bridgehead atoms. The van der Waals surface area contributed by atoms with Crippen molar-refractivity contribution in [1.29, 1.82) is 0 Å². The SMILES string of the molecule is Cc1ccc(C)c(NC(=O)C(C)n2cnc3sc(C(=O)Nc4ccccc4C)c(C)c3c2=O)c1. The average molecular weight is 475 g/mol. The van der Waals surface area contributed by atoms with Gasteiger partial charge in [0.1, 0.15) is 10.9 Å². The van der Waals surface area contributed by atoms with Gasteiger partial charge in [0.15, 0.2) is 0 Å². The van der Waals surface area contributed by atoms with Crippen molar-refractivity contribution in [2.75, 3.05) is 10.6 Å². The number of carbonyl (C=O) groups excluding carboxylic acids is 2. The summed E-state index contributed by atoms with van der Waals surface area (Å²) in [7, 11) is 0. The van der Waals surface area contributed by atoms with E-state index >= 15 is 0 Å². The van der Waals surface area contributed by atoms with Crippen molar-refractivity contribution < 1.29 is 9.59 Å². The molecule has 0 fully saturated rings. The summed E-state index contributed by atoms with van der Waals surface area (Å²) in [5.74, 6) is -0.608. The summed E-state index contributed by atoms with van der Waals surface area (Å²) >= 11 is 1.17. The van der Waals surface area contributed by atoms with Crippen LogP contribution in [0, 0.1) is 27.7 Å². The molecule has 8 heteroatoms. The van der Waals surface area contributed by atoms with Crippen LogP contribution < -0.4 is 16.2 Å². The largest absolute Gasteiger partial charge is 0.324 e. The number of hydrogen-bond acceptors (Lipinski definition) is 5. The fourth-order valence-corrected chi connectivity index (χ4v) is 4.79. The van der Waals surface area contributed by atoms with Crippen molar-refractivity contribution in [2.45, 2.75) is 40.7 Å². The maximum Gasteiger partial charge on any atom is 0.266 e. The van der Waals surface area contributed by atoms with E-state index in [1.807, 2.05) is 63.2 Å². The van der Waals surface area contributed by atoms with Crippen molar-refractivity contribution in [2.24, 2.45) is 0 Å². The van der Waals surface area contributed by atoms with Crippen LogP contribution in [0.25, 0.3) is 10.2 Å². The number of anilines is 2. The number of benzene rings is 2. The van der Waals surface area contributed by atoms with Crippen LogP contribution in [-0.2, 0) is 4.79 Å². The number of thiophene rings is 1. The zero-order valence-corrected chi connectivity index (χ0v) is 20.5. The van der Waals surface area contributed by atoms with Crippen molar-refractivity contribution in [3.05, 3.63) is 86.3 Å². The Morgan fingerprint density at radius 1 is 0.971 bits per heavy atom. The number of rotatable bonds is 5. The summed E-state index contributed by atoms with van der Waals surface area (Å²) in [5, 5.41) is 6.17. The highest BCUT2D eigenvalue weighted by Crippen LogP contribution is 2.28. The van der Waals surface area contributed by atoms with Gasteiger partial charge >= 0.3 is 0 Å². The number of amides is 2. The standard InChI is InChI=1S/C26H26N4O3S/c1-14-10-11-16(3)20(12-14)29-23(31)18(5)30-13-27-25-21(26(30)33)17(4)22(34-25)24(32)28-19-9-7-6-8-15(19)2/h6-13,18H,1-5H3,(H,28,32)(H,29,31). The van der Waals surface area contributed by atoms with E-state index in [-0.39, 0.29) is 17.4 Å². The molecule has 2 aromatic carbocycles. The Morgan fingerprint density at radius 2 is 1.68 bits per heavy atom. The predicted octanol–water partition coefficient (Wildman–Crippen LogP) is 5.14. The molecule has 0 radical (unpaired) electrons. The first-order valence-corrected chi connectivity index (χ1v) is 11.7. The Labute approximate surface area is 201 Å². The van der Waals surface area contributed by atoms with Crippen LogP contribution in [0.15, 0.2) is 53.6 Å². The van der Waals surface area contributed by atoms with Crippen LogP contribution >= 0.6 is 11.3 Å². The van der Waals surface area contributed by atoms with Crippen LogP contribution in [0.3, 0.4) is 0 Å². The van der Waals surface area contributed by atoms with E-state index in [2.05, 4.69) is 15.6 Å². The first-order valence-electron chi connectivity index (χ1n) is 10.9. The topological polar surface area (TPSA) is 93.1 Å². The lowest BCUT2D eigenvalue weighted by Crippen LogP contribution is -2.32. The first kappa shape index (κ1) is 23.4. The van der Waals surface area contributed by atoms with Crippen LogP contribution in [-0.4, -0.2) is 21.4 Å². The molecule has 4 rings (SSSR count). The first-order chi connectivity index (χ1) is 16.2. The second kappa shape index (κ2) is 9.23. The van der Waals surface area contributed by atoms with Gasteiger partial charge in [-0.2, -0.15) is 0 Å². The van der Waals surface area contributed by atoms with Gasteiger partial charge in [-0.15, -0.1) is 11.3 Å². The molecule has 0 saturated heterocycles. The molecule has 0 saturated carbocycles. The molecule has 34 heavy (non-hydrogen) atoms. The average Bonchev–Trinajstić information content (AvgIpc) is 3.15. The van der Waals surface area contributed by atoms with Gasteiger partial charge in [0.05, 0.1) is 16.6 Å². The zero-order chi connectivity index (χ0) is 24.6. The zero-order valence-electron chi connectivity index (χ0n) is 19.7. The predicted molar refractivity (Wildman–Crippen MR) is 137 cm³/mol. The highest BCUT2D eigenvalue weighted by Gasteiger charge is 2.23. The van der Waals surface area contributed by atoms with Gasteiger partial charge in [0.25, 0.3) is 11.5 Å². The molecule has 2 amide bonds. The molecule has 1 atom stereocenters. The molecule has 0 aliphatic rings. The molecule has 2 aromatic heterocycles. The molecule has 0 spiro atoms. The van der Waals surface area contributed by atoms with E-state index in [1.54, 1.807) is 13.8 Å². The maximum absolute atomic E-state index is 13.3. The molecule has 0 aliphatic carbocycles. The molecule has 174 valence electrons. The second-order valence-corrected chi connectivity index (χ2v) is 9.45. The van der Waals surface area contributed by atoms with Gasteiger partial charge in [0, 0.05) is 11.4 Å². The summed E-state index contributed by atoms with van der Waals surface area (Å²) in [6.07, 6.45) is 1.37. The molecular formula is C26H26N4O3S. The molecule has 2 N–H and O–H groups in total. The molecule has 2 heterocycles. The number of aryl methyl sites for hydroxylation is 4. The minimum Gasteiger partial charge on any atom is -0.324 e. The number of hydrogen-bond donors (Lipinski definition) is 2. The molecular weight excluding hydrogens is 448 g/mol. The summed E-state index contributed by atoms with van der Waals surface area (Å²) in [5.41, 5.74) is 4.53. The quantitative estimate of drug-likeness (QED) is 0.419. The monoisotopic (exact) mass is 474 g/mol. The van der Waals surface area contributed by atoms with Gasteiger partial charge < -0.3 is 10.6 Å². The van der Waals surface area contributed by atoms with E-state index in [0.29, 0.717) is 32.0 Å². The normalized spacial score (nSPS) is 11.9. The highest BCUT2D eigenvalue weighted by molar-refractivity contribution is 7.20. The second-order valence-electron chi connectivity index (χ2n) is 8.45. The number of fused-ring (bicyclic) bond motifs is 1. The number of nitrogens with zero attached hydrogens (tertiary/aromatic N) is 2. The Balaban J connectivity index is 1.65. The third kappa shape index (κ3) is 4.36. The number of aromatic nitrogens is 2. The smallest absolute Gasteiger partial charge is 0.266 e. The van der Waals surface area contributed by atoms with E-state index in [0.717, 1.165) is 16.7 Å². The van der Waals surface area contributed by atoms with Gasteiger partial charge in [-0.25, -0.2) is 4.98 Å². The lowest BCUT2D eigenvalue weighted by molar-refractivity contribution is -0.118. The number of nitrogens with one attached hydrogen (secondary N) is 2. The molecule has 7 nitrogen and oxygen atoms in total. The van der Waals surface area contributed by atoms with Crippen molar-refractivity contribution in [3.63, 3.8) is 0 Å². The van der Waals surface area contributed by atoms with Crippen molar-refractivity contribution in [1.82, 2.24) is 9.55 Å². The van der Waals surface area contributed by atoms with Crippen molar-refractivity contribution in [3.8, 4) is 0 Å². The Kier molecular flexibility index (Phi) is 6.34. The highest BCUT2D eigenvalue weighted by atomic mass is 32.1. The molecule has 1 unspecified atom stereocenters.